The van der Waals surface area contributed by atoms with Gasteiger partial charge in [0.2, 0.25) is 0 Å². The summed E-state index contributed by atoms with van der Waals surface area (Å²) in [6.45, 7) is 8.68. The van der Waals surface area contributed by atoms with Gasteiger partial charge in [0.25, 0.3) is 0 Å². The number of nitrogens with one attached hydrogen (secondary N) is 1. The second-order valence-corrected chi connectivity index (χ2v) is 7.12. The first kappa shape index (κ1) is 13.4. The maximum Gasteiger partial charge on any atom is 0.185 e. The second kappa shape index (κ2) is 5.41. The van der Waals surface area contributed by atoms with E-state index in [1.807, 2.05) is 17.5 Å². The minimum atomic E-state index is 0.701. The fourth-order valence-corrected chi connectivity index (χ4v) is 4.05. The van der Waals surface area contributed by atoms with Gasteiger partial charge in [-0.15, -0.1) is 11.3 Å². The zero-order valence-corrected chi connectivity index (χ0v) is 12.9. The molecule has 4 heteroatoms. The molecular weight excluding hydrogens is 254 g/mol. The van der Waals surface area contributed by atoms with E-state index in [-0.39, 0.29) is 0 Å². The topological polar surface area (TPSA) is 28.2 Å². The van der Waals surface area contributed by atoms with Crippen molar-refractivity contribution in [2.75, 3.05) is 24.5 Å². The van der Waals surface area contributed by atoms with E-state index in [2.05, 4.69) is 29.0 Å². The molecule has 0 aliphatic heterocycles. The molecule has 3 rings (SSSR count). The average molecular weight is 279 g/mol. The van der Waals surface area contributed by atoms with Crippen LogP contribution in [0, 0.1) is 11.3 Å². The van der Waals surface area contributed by atoms with E-state index >= 15 is 0 Å². The quantitative estimate of drug-likeness (QED) is 0.791. The molecule has 0 bridgehead atoms. The summed E-state index contributed by atoms with van der Waals surface area (Å²) in [5, 5.41) is 4.84. The largest absolute Gasteiger partial charge is 0.349 e. The molecule has 1 N–H and O–H groups in total. The van der Waals surface area contributed by atoms with Gasteiger partial charge >= 0.3 is 0 Å². The minimum absolute atomic E-state index is 0.701. The van der Waals surface area contributed by atoms with Crippen molar-refractivity contribution < 1.29 is 0 Å². The molecule has 1 aromatic heterocycles. The monoisotopic (exact) mass is 279 g/mol. The maximum atomic E-state index is 4.54. The molecule has 0 spiro atoms. The molecule has 106 valence electrons. The Morgan fingerprint density at radius 1 is 1.37 bits per heavy atom. The van der Waals surface area contributed by atoms with Crippen molar-refractivity contribution in [2.45, 2.75) is 46.1 Å². The lowest BCUT2D eigenvalue weighted by Crippen LogP contribution is -2.24. The molecule has 2 aliphatic rings. The molecule has 3 nitrogen and oxygen atoms in total. The Kier molecular flexibility index (Phi) is 3.81. The van der Waals surface area contributed by atoms with E-state index in [4.69, 9.17) is 0 Å². The van der Waals surface area contributed by atoms with Gasteiger partial charge in [-0.3, -0.25) is 0 Å². The molecule has 0 radical (unpaired) electrons. The number of nitrogens with zero attached hydrogens (tertiary/aromatic N) is 2. The van der Waals surface area contributed by atoms with Crippen molar-refractivity contribution >= 4 is 16.5 Å². The van der Waals surface area contributed by atoms with Gasteiger partial charge in [0.15, 0.2) is 5.13 Å². The fourth-order valence-electron chi connectivity index (χ4n) is 3.04. The Hall–Kier alpha value is -0.610. The Balaban J connectivity index is 1.47. The normalized spacial score (nSPS) is 20.5. The molecule has 0 unspecified atom stereocenters. The summed E-state index contributed by atoms with van der Waals surface area (Å²) in [6.07, 6.45) is 7.92. The predicted octanol–water partition coefficient (Wildman–Crippen LogP) is 3.27. The standard InChI is InChI=1S/C15H25N3S/c1-3-18(4-2)14-17-10-13(19-14)9-16-11-15(7-8-15)12-5-6-12/h10,12,16H,3-9,11H2,1-2H3. The Labute approximate surface area is 120 Å². The van der Waals surface area contributed by atoms with Crippen LogP contribution in [-0.4, -0.2) is 24.6 Å². The molecule has 19 heavy (non-hydrogen) atoms. The summed E-state index contributed by atoms with van der Waals surface area (Å²) in [6, 6.07) is 0. The van der Waals surface area contributed by atoms with E-state index in [0.29, 0.717) is 5.41 Å². The van der Waals surface area contributed by atoms with Gasteiger partial charge in [-0.25, -0.2) is 4.98 Å². The number of rotatable bonds is 8. The predicted molar refractivity (Wildman–Crippen MR) is 81.8 cm³/mol. The van der Waals surface area contributed by atoms with Crippen molar-refractivity contribution in [3.8, 4) is 0 Å². The van der Waals surface area contributed by atoms with Crippen LogP contribution < -0.4 is 10.2 Å². The fraction of sp³-hybridized carbons (Fsp3) is 0.800. The summed E-state index contributed by atoms with van der Waals surface area (Å²) < 4.78 is 0. The number of thiazole rings is 1. The third kappa shape index (κ3) is 2.95. The van der Waals surface area contributed by atoms with Crippen LogP contribution in [0.25, 0.3) is 0 Å². The van der Waals surface area contributed by atoms with Crippen molar-refractivity contribution in [1.82, 2.24) is 10.3 Å². The Bertz CT molecular complexity index is 417. The second-order valence-electron chi connectivity index (χ2n) is 6.02. The van der Waals surface area contributed by atoms with Gasteiger partial charge in [-0.2, -0.15) is 0 Å². The summed E-state index contributed by atoms with van der Waals surface area (Å²) >= 11 is 1.84. The third-order valence-corrected chi connectivity index (χ3v) is 5.75. The van der Waals surface area contributed by atoms with Gasteiger partial charge in [0.05, 0.1) is 0 Å². The minimum Gasteiger partial charge on any atom is -0.349 e. The van der Waals surface area contributed by atoms with Gasteiger partial charge < -0.3 is 10.2 Å². The van der Waals surface area contributed by atoms with Crippen molar-refractivity contribution in [3.63, 3.8) is 0 Å². The first-order valence-corrected chi connectivity index (χ1v) is 8.49. The summed E-state index contributed by atoms with van der Waals surface area (Å²) in [7, 11) is 0. The third-order valence-electron chi connectivity index (χ3n) is 4.69. The van der Waals surface area contributed by atoms with Crippen LogP contribution in [0.15, 0.2) is 6.20 Å². The van der Waals surface area contributed by atoms with Crippen LogP contribution in [0.2, 0.25) is 0 Å². The van der Waals surface area contributed by atoms with Crippen LogP contribution in [0.1, 0.15) is 44.4 Å². The van der Waals surface area contributed by atoms with Gasteiger partial charge in [0.1, 0.15) is 0 Å². The molecule has 0 amide bonds. The van der Waals surface area contributed by atoms with Crippen molar-refractivity contribution in [3.05, 3.63) is 11.1 Å². The summed E-state index contributed by atoms with van der Waals surface area (Å²) in [5.41, 5.74) is 0.701. The van der Waals surface area contributed by atoms with Crippen LogP contribution in [0.3, 0.4) is 0 Å². The van der Waals surface area contributed by atoms with E-state index in [1.165, 1.54) is 42.2 Å². The molecular formula is C15H25N3S. The average Bonchev–Trinajstić information content (AvgIpc) is 3.31. The van der Waals surface area contributed by atoms with Crippen LogP contribution >= 0.6 is 11.3 Å². The number of hydrogen-bond acceptors (Lipinski definition) is 4. The molecule has 2 aliphatic carbocycles. The smallest absolute Gasteiger partial charge is 0.185 e. The summed E-state index contributed by atoms with van der Waals surface area (Å²) in [4.78, 5) is 8.23. The van der Waals surface area contributed by atoms with Crippen molar-refractivity contribution in [2.24, 2.45) is 11.3 Å². The lowest BCUT2D eigenvalue weighted by Gasteiger charge is -2.16. The Morgan fingerprint density at radius 2 is 2.11 bits per heavy atom. The van der Waals surface area contributed by atoms with Crippen molar-refractivity contribution in [1.29, 1.82) is 0 Å². The first-order valence-electron chi connectivity index (χ1n) is 7.68. The zero-order chi connectivity index (χ0) is 13.3. The Morgan fingerprint density at radius 3 is 2.68 bits per heavy atom. The van der Waals surface area contributed by atoms with Crippen LogP contribution in [0.4, 0.5) is 5.13 Å². The highest BCUT2D eigenvalue weighted by atomic mass is 32.1. The molecule has 1 aromatic rings. The molecule has 1 heterocycles. The zero-order valence-electron chi connectivity index (χ0n) is 12.1. The first-order chi connectivity index (χ1) is 9.27. The summed E-state index contributed by atoms with van der Waals surface area (Å²) in [5.74, 6) is 1.05. The van der Waals surface area contributed by atoms with Gasteiger partial charge in [-0.05, 0) is 50.9 Å². The highest BCUT2D eigenvalue weighted by Gasteiger charge is 2.53. The highest BCUT2D eigenvalue weighted by Crippen LogP contribution is 2.60. The molecule has 2 saturated carbocycles. The number of hydrogen-bond donors (Lipinski definition) is 1. The van der Waals surface area contributed by atoms with Gasteiger partial charge in [-0.1, -0.05) is 0 Å². The van der Waals surface area contributed by atoms with E-state index in [9.17, 15) is 0 Å². The maximum absolute atomic E-state index is 4.54. The lowest BCUT2D eigenvalue weighted by atomic mass is 10.0. The number of aromatic nitrogens is 1. The van der Waals surface area contributed by atoms with E-state index in [0.717, 1.165) is 25.6 Å². The highest BCUT2D eigenvalue weighted by molar-refractivity contribution is 7.15. The SMILES string of the molecule is CCN(CC)c1ncc(CNCC2(C3CC3)CC2)s1. The molecule has 0 atom stereocenters. The van der Waals surface area contributed by atoms with Gasteiger partial charge in [0, 0.05) is 37.3 Å². The van der Waals surface area contributed by atoms with E-state index in [1.54, 1.807) is 0 Å². The van der Waals surface area contributed by atoms with Crippen LogP contribution in [0.5, 0.6) is 0 Å². The molecule has 0 saturated heterocycles. The number of anilines is 1. The van der Waals surface area contributed by atoms with Crippen LogP contribution in [-0.2, 0) is 6.54 Å². The molecule has 0 aromatic carbocycles. The van der Waals surface area contributed by atoms with E-state index < -0.39 is 0 Å². The molecule has 2 fully saturated rings. The lowest BCUT2D eigenvalue weighted by molar-refractivity contribution is 0.404.